The summed E-state index contributed by atoms with van der Waals surface area (Å²) in [6.07, 6.45) is 4.17. The van der Waals surface area contributed by atoms with E-state index in [1.54, 1.807) is 11.1 Å². The van der Waals surface area contributed by atoms with Crippen molar-refractivity contribution in [3.05, 3.63) is 108 Å². The van der Waals surface area contributed by atoms with Crippen LogP contribution in [0.5, 0.6) is 0 Å². The minimum absolute atomic E-state index is 0.0865. The van der Waals surface area contributed by atoms with Gasteiger partial charge in [-0.3, -0.25) is 4.79 Å². The number of carbonyl (C=O) groups is 1. The number of aromatic nitrogens is 4. The number of rotatable bonds is 10. The van der Waals surface area contributed by atoms with Crippen molar-refractivity contribution in [3.63, 3.8) is 0 Å². The van der Waals surface area contributed by atoms with Gasteiger partial charge in [0.25, 0.3) is 0 Å². The maximum atomic E-state index is 14.5. The van der Waals surface area contributed by atoms with E-state index in [2.05, 4.69) is 80.7 Å². The Hall–Kier alpha value is -4.56. The highest BCUT2D eigenvalue weighted by molar-refractivity contribution is 5.79. The molecule has 1 aliphatic rings. The van der Waals surface area contributed by atoms with Gasteiger partial charge >= 0.3 is 0 Å². The number of benzene rings is 3. The number of hydrogen-bond donors (Lipinski definition) is 3. The molecule has 5 aromatic rings. The minimum atomic E-state index is -1.06. The van der Waals surface area contributed by atoms with E-state index in [0.717, 1.165) is 64.5 Å². The highest BCUT2D eigenvalue weighted by Crippen LogP contribution is 2.34. The number of alkyl halides is 1. The van der Waals surface area contributed by atoms with Crippen LogP contribution in [0.4, 0.5) is 4.39 Å². The first-order valence-electron chi connectivity index (χ1n) is 14.6. The second-order valence-corrected chi connectivity index (χ2v) is 10.8. The lowest BCUT2D eigenvalue weighted by Crippen LogP contribution is -2.33. The van der Waals surface area contributed by atoms with Gasteiger partial charge in [0.1, 0.15) is 17.8 Å². The molecule has 3 heterocycles. The topological polar surface area (TPSA) is 89.7 Å². The molecular formula is C34H35FN6O. The zero-order valence-corrected chi connectivity index (χ0v) is 23.7. The predicted molar refractivity (Wildman–Crippen MR) is 163 cm³/mol. The molecule has 1 fully saturated rings. The highest BCUT2D eigenvalue weighted by atomic mass is 19.1. The van der Waals surface area contributed by atoms with Gasteiger partial charge in [-0.1, -0.05) is 85.8 Å². The third-order valence-electron chi connectivity index (χ3n) is 7.75. The van der Waals surface area contributed by atoms with Crippen molar-refractivity contribution in [3.8, 4) is 33.6 Å². The number of aromatic amines is 2. The third-order valence-corrected chi connectivity index (χ3v) is 7.75. The average molecular weight is 563 g/mol. The molecule has 1 saturated heterocycles. The van der Waals surface area contributed by atoms with Crippen LogP contribution < -0.4 is 5.32 Å². The fourth-order valence-corrected chi connectivity index (χ4v) is 5.51. The number of halogens is 1. The molecule has 0 unspecified atom stereocenters. The summed E-state index contributed by atoms with van der Waals surface area (Å²) in [5.74, 6) is 1.47. The van der Waals surface area contributed by atoms with Crippen LogP contribution in [-0.4, -0.2) is 50.0 Å². The lowest BCUT2D eigenvalue weighted by Gasteiger charge is -2.23. The molecule has 1 aliphatic heterocycles. The molecule has 3 aromatic carbocycles. The van der Waals surface area contributed by atoms with Gasteiger partial charge in [-0.25, -0.2) is 14.4 Å². The van der Waals surface area contributed by atoms with Gasteiger partial charge in [0.05, 0.1) is 49.3 Å². The molecule has 6 rings (SSSR count). The Morgan fingerprint density at radius 2 is 1.50 bits per heavy atom. The first-order valence-corrected chi connectivity index (χ1v) is 14.6. The highest BCUT2D eigenvalue weighted by Gasteiger charge is 2.37. The molecule has 42 heavy (non-hydrogen) atoms. The van der Waals surface area contributed by atoms with Crippen molar-refractivity contribution in [2.45, 2.75) is 44.9 Å². The predicted octanol–water partition coefficient (Wildman–Crippen LogP) is 6.49. The summed E-state index contributed by atoms with van der Waals surface area (Å²) in [5.41, 5.74) is 7.06. The van der Waals surface area contributed by atoms with Crippen molar-refractivity contribution in [1.82, 2.24) is 30.2 Å². The molecular weight excluding hydrogens is 527 g/mol. The molecule has 0 spiro atoms. The van der Waals surface area contributed by atoms with Gasteiger partial charge in [-0.05, 0) is 40.8 Å². The molecule has 2 atom stereocenters. The molecule has 0 radical (unpaired) electrons. The molecule has 0 aliphatic carbocycles. The zero-order chi connectivity index (χ0) is 28.9. The summed E-state index contributed by atoms with van der Waals surface area (Å²) < 4.78 is 14.5. The van der Waals surface area contributed by atoms with Gasteiger partial charge < -0.3 is 20.2 Å². The van der Waals surface area contributed by atoms with Gasteiger partial charge in [-0.15, -0.1) is 0 Å². The fraction of sp³-hybridized carbons (Fsp3) is 0.265. The van der Waals surface area contributed by atoms with Gasteiger partial charge in [0, 0.05) is 6.42 Å². The second-order valence-electron chi connectivity index (χ2n) is 10.8. The normalized spacial score (nSPS) is 16.7. The van der Waals surface area contributed by atoms with Crippen LogP contribution in [0.2, 0.25) is 0 Å². The third kappa shape index (κ3) is 6.19. The fourth-order valence-electron chi connectivity index (χ4n) is 5.51. The molecule has 7 nitrogen and oxygen atoms in total. The molecule has 8 heteroatoms. The summed E-state index contributed by atoms with van der Waals surface area (Å²) in [5, 5.41) is 3.36. The van der Waals surface area contributed by atoms with Crippen LogP contribution in [0.25, 0.3) is 33.6 Å². The van der Waals surface area contributed by atoms with Gasteiger partial charge in [-0.2, -0.15) is 0 Å². The van der Waals surface area contributed by atoms with E-state index in [1.807, 2.05) is 36.5 Å². The van der Waals surface area contributed by atoms with Crippen LogP contribution in [0, 0.1) is 0 Å². The number of carbonyl (C=O) groups excluding carboxylic acids is 1. The number of nitrogens with zero attached hydrogens (tertiary/aromatic N) is 3. The monoisotopic (exact) mass is 562 g/mol. The van der Waals surface area contributed by atoms with Crippen LogP contribution in [-0.2, 0) is 17.8 Å². The van der Waals surface area contributed by atoms with E-state index in [9.17, 15) is 9.18 Å². The maximum Gasteiger partial charge on any atom is 0.227 e. The van der Waals surface area contributed by atoms with Crippen LogP contribution >= 0.6 is 0 Å². The molecule has 1 amide bonds. The maximum absolute atomic E-state index is 14.5. The van der Waals surface area contributed by atoms with Crippen LogP contribution in [0.15, 0.2) is 91.3 Å². The molecule has 0 bridgehead atoms. The number of H-pyrrole nitrogens is 2. The lowest BCUT2D eigenvalue weighted by atomic mass is 10.0. The number of likely N-dealkylation sites (tertiary alicyclic amines) is 1. The Bertz CT molecular complexity index is 1610. The van der Waals surface area contributed by atoms with E-state index in [-0.39, 0.29) is 25.3 Å². The first kappa shape index (κ1) is 27.6. The lowest BCUT2D eigenvalue weighted by molar-refractivity contribution is -0.131. The molecule has 214 valence electrons. The van der Waals surface area contributed by atoms with Gasteiger partial charge in [0.15, 0.2) is 0 Å². The second kappa shape index (κ2) is 12.5. The average Bonchev–Trinajstić information content (AvgIpc) is 3.78. The Kier molecular flexibility index (Phi) is 8.23. The van der Waals surface area contributed by atoms with Crippen molar-refractivity contribution >= 4 is 5.91 Å². The standard InChI is InChI=1S/C34H35FN6O/c1-2-16-36-21-32-37-19-29(39-32)26-12-8-24(9-13-26)25-10-14-27(15-11-25)30-20-38-34(40-30)31-18-28(35)22-41(31)33(42)17-23-6-4-3-5-7-23/h3-15,19-20,28,31,36H,2,16-18,21-22H2,1H3,(H,37,39)(H,38,40)/t28-,31-/m0/s1. The quantitative estimate of drug-likeness (QED) is 0.170. The first-order chi connectivity index (χ1) is 20.6. The molecule has 0 saturated carbocycles. The van der Waals surface area contributed by atoms with Crippen molar-refractivity contribution < 1.29 is 9.18 Å². The van der Waals surface area contributed by atoms with Crippen molar-refractivity contribution in [2.24, 2.45) is 0 Å². The Morgan fingerprint density at radius 1 is 0.881 bits per heavy atom. The largest absolute Gasteiger partial charge is 0.341 e. The minimum Gasteiger partial charge on any atom is -0.341 e. The summed E-state index contributed by atoms with van der Waals surface area (Å²) in [6.45, 7) is 3.95. The number of hydrogen-bond acceptors (Lipinski definition) is 4. The van der Waals surface area contributed by atoms with Crippen LogP contribution in [0.1, 0.15) is 43.0 Å². The van der Waals surface area contributed by atoms with E-state index in [1.165, 1.54) is 0 Å². The van der Waals surface area contributed by atoms with E-state index in [0.29, 0.717) is 5.82 Å². The summed E-state index contributed by atoms with van der Waals surface area (Å²) in [7, 11) is 0. The zero-order valence-electron chi connectivity index (χ0n) is 23.7. The Labute approximate surface area is 245 Å². The number of nitrogens with one attached hydrogen (secondary N) is 3. The summed E-state index contributed by atoms with van der Waals surface area (Å²) in [6, 6.07) is 25.9. The van der Waals surface area contributed by atoms with E-state index >= 15 is 0 Å². The van der Waals surface area contributed by atoms with E-state index in [4.69, 9.17) is 0 Å². The number of amides is 1. The van der Waals surface area contributed by atoms with E-state index < -0.39 is 12.2 Å². The number of imidazole rings is 2. The molecule has 2 aromatic heterocycles. The van der Waals surface area contributed by atoms with Crippen LogP contribution in [0.3, 0.4) is 0 Å². The Balaban J connectivity index is 1.12. The van der Waals surface area contributed by atoms with Crippen molar-refractivity contribution in [1.29, 1.82) is 0 Å². The Morgan fingerprint density at radius 3 is 2.17 bits per heavy atom. The van der Waals surface area contributed by atoms with Crippen molar-refractivity contribution in [2.75, 3.05) is 13.1 Å². The SMILES string of the molecule is CCCNCc1ncc(-c2ccc(-c3ccc(-c4cnc([C@@H]5C[C@H](F)CN5C(=O)Cc5ccccc5)[nH]4)cc3)cc2)[nH]1. The van der Waals surface area contributed by atoms with Gasteiger partial charge in [0.2, 0.25) is 5.91 Å². The molecule has 3 N–H and O–H groups in total. The smallest absolute Gasteiger partial charge is 0.227 e. The summed E-state index contributed by atoms with van der Waals surface area (Å²) in [4.78, 5) is 30.5. The summed E-state index contributed by atoms with van der Waals surface area (Å²) >= 11 is 0.